The van der Waals surface area contributed by atoms with Crippen LogP contribution in [-0.4, -0.2) is 32.0 Å². The van der Waals surface area contributed by atoms with Crippen LogP contribution in [0.15, 0.2) is 42.0 Å². The summed E-state index contributed by atoms with van der Waals surface area (Å²) in [6.07, 6.45) is 1.50. The maximum atomic E-state index is 13.3. The number of halogens is 2. The summed E-state index contributed by atoms with van der Waals surface area (Å²) in [5.41, 5.74) is 1.35. The number of nitrogens with zero attached hydrogens (tertiary/aromatic N) is 2. The largest absolute Gasteiger partial charge is 0.493 e. The molecule has 0 unspecified atom stereocenters. The number of benzene rings is 2. The van der Waals surface area contributed by atoms with Crippen LogP contribution in [0.3, 0.4) is 0 Å². The van der Waals surface area contributed by atoms with Crippen LogP contribution in [0.1, 0.15) is 11.1 Å². The molecule has 0 atom stereocenters. The molecule has 0 bridgehead atoms. The van der Waals surface area contributed by atoms with Gasteiger partial charge in [-0.3, -0.25) is 4.79 Å². The highest BCUT2D eigenvalue weighted by molar-refractivity contribution is 14.1. The Morgan fingerprint density at radius 1 is 1.33 bits per heavy atom. The fourth-order valence-electron chi connectivity index (χ4n) is 2.29. The average Bonchev–Trinajstić information content (AvgIpc) is 2.64. The van der Waals surface area contributed by atoms with Gasteiger partial charge in [0.05, 0.1) is 10.7 Å². The molecule has 0 aliphatic heterocycles. The monoisotopic (exact) mass is 480 g/mol. The lowest BCUT2D eigenvalue weighted by Crippen LogP contribution is -2.22. The molecule has 2 aromatic rings. The highest BCUT2D eigenvalue weighted by Crippen LogP contribution is 2.35. The van der Waals surface area contributed by atoms with Gasteiger partial charge in [-0.2, -0.15) is 5.26 Å². The van der Waals surface area contributed by atoms with E-state index in [1.165, 1.54) is 30.2 Å². The Morgan fingerprint density at radius 3 is 2.67 bits per heavy atom. The minimum Gasteiger partial charge on any atom is -0.493 e. The van der Waals surface area contributed by atoms with Gasteiger partial charge < -0.3 is 14.4 Å². The second-order valence-corrected chi connectivity index (χ2v) is 6.98. The number of methoxy groups -OCH3 is 1. The number of amides is 1. The summed E-state index contributed by atoms with van der Waals surface area (Å²) in [6.45, 7) is 0.182. The van der Waals surface area contributed by atoms with Crippen molar-refractivity contribution in [1.82, 2.24) is 4.90 Å². The maximum Gasteiger partial charge on any atom is 0.264 e. The number of hydrogen-bond acceptors (Lipinski definition) is 4. The minimum absolute atomic E-state index is 0.0197. The Kier molecular flexibility index (Phi) is 7.19. The molecule has 7 heteroatoms. The molecule has 0 spiro atoms. The molecule has 0 saturated heterocycles. The summed E-state index contributed by atoms with van der Waals surface area (Å²) in [6, 6.07) is 11.5. The molecule has 0 radical (unpaired) electrons. The summed E-state index contributed by atoms with van der Waals surface area (Å²) < 4.78 is 25.2. The van der Waals surface area contributed by atoms with Gasteiger partial charge in [0.15, 0.2) is 11.5 Å². The van der Waals surface area contributed by atoms with Crippen LogP contribution in [0, 0.1) is 20.7 Å². The summed E-state index contributed by atoms with van der Waals surface area (Å²) in [5.74, 6) is 0.266. The average molecular weight is 480 g/mol. The highest BCUT2D eigenvalue weighted by atomic mass is 127. The molecular formula is C20H18FIN2O3. The number of carbonyl (C=O) groups is 1. The zero-order chi connectivity index (χ0) is 20.0. The third kappa shape index (κ3) is 5.44. The quantitative estimate of drug-likeness (QED) is 0.356. The standard InChI is InChI=1S/C20H18FIN2O3/c1-24(2)20(25)15(11-23)7-14-9-17(22)19(18(10-14)26-3)27-12-13-5-4-6-16(21)8-13/h4-10H,12H2,1-3H3/b15-7-. The zero-order valence-electron chi connectivity index (χ0n) is 15.1. The molecule has 2 rings (SSSR count). The summed E-state index contributed by atoms with van der Waals surface area (Å²) in [7, 11) is 4.67. The molecule has 0 aliphatic rings. The molecule has 5 nitrogen and oxygen atoms in total. The first-order chi connectivity index (χ1) is 12.8. The van der Waals surface area contributed by atoms with Gasteiger partial charge in [-0.1, -0.05) is 12.1 Å². The van der Waals surface area contributed by atoms with Gasteiger partial charge in [-0.25, -0.2) is 4.39 Å². The first-order valence-electron chi connectivity index (χ1n) is 7.94. The molecule has 0 N–H and O–H groups in total. The van der Waals surface area contributed by atoms with E-state index in [0.29, 0.717) is 22.6 Å². The molecule has 0 aromatic heterocycles. The van der Waals surface area contributed by atoms with Crippen molar-refractivity contribution < 1.29 is 18.7 Å². The Labute approximate surface area is 171 Å². The lowest BCUT2D eigenvalue weighted by molar-refractivity contribution is -0.124. The molecule has 0 saturated carbocycles. The molecule has 1 amide bonds. The highest BCUT2D eigenvalue weighted by Gasteiger charge is 2.15. The van der Waals surface area contributed by atoms with E-state index in [9.17, 15) is 14.4 Å². The Hall–Kier alpha value is -2.60. The van der Waals surface area contributed by atoms with E-state index < -0.39 is 0 Å². The number of rotatable bonds is 6. The number of nitriles is 1. The van der Waals surface area contributed by atoms with Crippen LogP contribution in [0.5, 0.6) is 11.5 Å². The summed E-state index contributed by atoms with van der Waals surface area (Å²) in [4.78, 5) is 13.4. The van der Waals surface area contributed by atoms with E-state index in [-0.39, 0.29) is 23.9 Å². The molecule has 2 aromatic carbocycles. The minimum atomic E-state index is -0.377. The predicted octanol–water partition coefficient (Wildman–Crippen LogP) is 4.01. The Morgan fingerprint density at radius 2 is 2.07 bits per heavy atom. The van der Waals surface area contributed by atoms with E-state index in [1.807, 2.05) is 6.07 Å². The van der Waals surface area contributed by atoms with Crippen LogP contribution in [0.2, 0.25) is 0 Å². The Bertz CT molecular complexity index is 920. The zero-order valence-corrected chi connectivity index (χ0v) is 17.3. The molecule has 0 aliphatic carbocycles. The van der Waals surface area contributed by atoms with E-state index in [2.05, 4.69) is 22.6 Å². The normalized spacial score (nSPS) is 10.9. The number of likely N-dealkylation sites (N-methyl/N-ethyl adjacent to an activating group) is 1. The lowest BCUT2D eigenvalue weighted by atomic mass is 10.1. The number of carbonyl (C=O) groups excluding carboxylic acids is 1. The number of hydrogen-bond donors (Lipinski definition) is 0. The third-order valence-corrected chi connectivity index (χ3v) is 4.39. The van der Waals surface area contributed by atoms with Crippen LogP contribution < -0.4 is 9.47 Å². The van der Waals surface area contributed by atoms with Crippen molar-refractivity contribution in [2.45, 2.75) is 6.61 Å². The van der Waals surface area contributed by atoms with Crippen molar-refractivity contribution in [2.75, 3.05) is 21.2 Å². The van der Waals surface area contributed by atoms with Crippen LogP contribution >= 0.6 is 22.6 Å². The maximum absolute atomic E-state index is 13.3. The summed E-state index contributed by atoms with van der Waals surface area (Å²) >= 11 is 2.09. The first kappa shape index (κ1) is 20.7. The van der Waals surface area contributed by atoms with Crippen LogP contribution in [0.4, 0.5) is 4.39 Å². The van der Waals surface area contributed by atoms with E-state index >= 15 is 0 Å². The van der Waals surface area contributed by atoms with E-state index in [4.69, 9.17) is 9.47 Å². The van der Waals surface area contributed by atoms with Gasteiger partial charge in [0.2, 0.25) is 0 Å². The molecule has 0 fully saturated rings. The molecule has 0 heterocycles. The van der Waals surface area contributed by atoms with Gasteiger partial charge in [-0.05, 0) is 64.1 Å². The van der Waals surface area contributed by atoms with Crippen molar-refractivity contribution in [1.29, 1.82) is 5.26 Å². The van der Waals surface area contributed by atoms with Crippen molar-refractivity contribution >= 4 is 34.6 Å². The van der Waals surface area contributed by atoms with Gasteiger partial charge in [0.25, 0.3) is 5.91 Å². The SMILES string of the molecule is COc1cc(/C=C(/C#N)C(=O)N(C)C)cc(I)c1OCc1cccc(F)c1. The summed E-state index contributed by atoms with van der Waals surface area (Å²) in [5, 5.41) is 9.24. The molecular weight excluding hydrogens is 462 g/mol. The van der Waals surface area contributed by atoms with Crippen molar-refractivity contribution in [3.8, 4) is 17.6 Å². The third-order valence-electron chi connectivity index (χ3n) is 3.59. The second kappa shape index (κ2) is 9.37. The van der Waals surface area contributed by atoms with Crippen LogP contribution in [0.25, 0.3) is 6.08 Å². The number of ether oxygens (including phenoxy) is 2. The Balaban J connectivity index is 2.31. The smallest absolute Gasteiger partial charge is 0.264 e. The van der Waals surface area contributed by atoms with Crippen LogP contribution in [-0.2, 0) is 11.4 Å². The molecule has 27 heavy (non-hydrogen) atoms. The lowest BCUT2D eigenvalue weighted by Gasteiger charge is -2.14. The second-order valence-electron chi connectivity index (χ2n) is 5.82. The topological polar surface area (TPSA) is 62.6 Å². The first-order valence-corrected chi connectivity index (χ1v) is 9.01. The van der Waals surface area contributed by atoms with E-state index in [1.54, 1.807) is 38.4 Å². The van der Waals surface area contributed by atoms with E-state index in [0.717, 1.165) is 3.57 Å². The van der Waals surface area contributed by atoms with Crippen molar-refractivity contribution in [2.24, 2.45) is 0 Å². The fraction of sp³-hybridized carbons (Fsp3) is 0.200. The van der Waals surface area contributed by atoms with Gasteiger partial charge >= 0.3 is 0 Å². The van der Waals surface area contributed by atoms with Gasteiger partial charge in [-0.15, -0.1) is 0 Å². The fourth-order valence-corrected chi connectivity index (χ4v) is 3.08. The van der Waals surface area contributed by atoms with Gasteiger partial charge in [0.1, 0.15) is 24.1 Å². The molecule has 140 valence electrons. The van der Waals surface area contributed by atoms with Crippen molar-refractivity contribution in [3.05, 3.63) is 62.5 Å². The van der Waals surface area contributed by atoms with Gasteiger partial charge in [0, 0.05) is 14.1 Å². The van der Waals surface area contributed by atoms with Crippen molar-refractivity contribution in [3.63, 3.8) is 0 Å². The predicted molar refractivity (Wildman–Crippen MR) is 109 cm³/mol.